The molecule has 2 aromatic rings. The van der Waals surface area contributed by atoms with Gasteiger partial charge in [0, 0.05) is 6.42 Å². The summed E-state index contributed by atoms with van der Waals surface area (Å²) in [5, 5.41) is 10.1. The van der Waals surface area contributed by atoms with Crippen LogP contribution in [0.1, 0.15) is 167 Å². The van der Waals surface area contributed by atoms with Crippen LogP contribution in [0.5, 0.6) is 11.5 Å². The van der Waals surface area contributed by atoms with Crippen LogP contribution in [0.25, 0.3) is 0 Å². The molecule has 4 rings (SSSR count). The second-order valence-electron chi connectivity index (χ2n) is 20.4. The first-order valence-electron chi connectivity index (χ1n) is 27.7. The summed E-state index contributed by atoms with van der Waals surface area (Å²) >= 11 is 0. The molecule has 4 N–H and O–H groups in total. The van der Waals surface area contributed by atoms with Crippen molar-refractivity contribution in [3.8, 4) is 11.5 Å². The maximum absolute atomic E-state index is 13.4. The topological polar surface area (TPSA) is 293 Å². The number of hydrogen-bond donors (Lipinski definition) is 4. The first-order valence-corrected chi connectivity index (χ1v) is 27.7. The average molecular weight is 1130 g/mol. The van der Waals surface area contributed by atoms with E-state index in [1.807, 2.05) is 20.8 Å². The van der Waals surface area contributed by atoms with E-state index in [-0.39, 0.29) is 46.3 Å². The van der Waals surface area contributed by atoms with Crippen molar-refractivity contribution in [3.63, 3.8) is 0 Å². The number of carbonyl (C=O) groups excluding carboxylic acids is 10. The smallest absolute Gasteiger partial charge is 0.332 e. The van der Waals surface area contributed by atoms with Gasteiger partial charge in [-0.3, -0.25) is 38.4 Å². The number of methoxy groups -OCH3 is 2. The Labute approximate surface area is 469 Å². The maximum Gasteiger partial charge on any atom is 0.332 e. The fraction of sp³-hybridized carbons (Fsp3) is 0.621. The quantitative estimate of drug-likeness (QED) is 0.0306. The molecule has 0 aromatic heterocycles. The molecule has 2 saturated heterocycles. The molecule has 2 fully saturated rings. The number of amides is 4. The molecule has 0 bridgehead atoms. The fourth-order valence-corrected chi connectivity index (χ4v) is 9.10. The number of cyclic esters (lactones) is 4. The highest BCUT2D eigenvalue weighted by Crippen LogP contribution is 2.33. The van der Waals surface area contributed by atoms with Gasteiger partial charge < -0.3 is 59.2 Å². The normalized spacial score (nSPS) is 23.5. The number of para-hydroxylation sites is 2. The van der Waals surface area contributed by atoms with Crippen molar-refractivity contribution < 1.29 is 85.8 Å². The van der Waals surface area contributed by atoms with Crippen molar-refractivity contribution in [2.24, 2.45) is 23.7 Å². The molecule has 2 heterocycles. The molecule has 22 heteroatoms. The van der Waals surface area contributed by atoms with E-state index in [1.165, 1.54) is 52.3 Å². The second kappa shape index (κ2) is 34.0. The van der Waals surface area contributed by atoms with E-state index in [2.05, 4.69) is 35.1 Å². The third-order valence-electron chi connectivity index (χ3n) is 13.8. The van der Waals surface area contributed by atoms with Crippen molar-refractivity contribution in [1.29, 1.82) is 0 Å². The Balaban J connectivity index is 0.000000420. The molecule has 22 nitrogen and oxygen atoms in total. The van der Waals surface area contributed by atoms with Gasteiger partial charge in [-0.2, -0.15) is 0 Å². The third kappa shape index (κ3) is 19.5. The summed E-state index contributed by atoms with van der Waals surface area (Å²) in [5.41, 5.74) is 0.602. The van der Waals surface area contributed by atoms with Crippen LogP contribution in [0.2, 0.25) is 0 Å². The lowest BCUT2D eigenvalue weighted by atomic mass is 9.91. The van der Waals surface area contributed by atoms with Crippen LogP contribution in [0.4, 0.5) is 11.4 Å². The highest BCUT2D eigenvalue weighted by atomic mass is 16.6. The van der Waals surface area contributed by atoms with Crippen LogP contribution in [-0.2, 0) is 66.8 Å². The lowest BCUT2D eigenvalue weighted by Gasteiger charge is -2.30. The molecule has 2 aliphatic rings. The molecule has 444 valence electrons. The highest BCUT2D eigenvalue weighted by molar-refractivity contribution is 6.02. The number of hydrogen-bond acceptors (Lipinski definition) is 18. The standard InChI is InChI=1S/2C29H42N2O9/c1-7-8-9-10-12-21-25(40-23(33)15-17(2)3)19(5)39-29(36)24(18(4)38-28(21)35)31-27(34)20-13-11-14-22(30-16-32)26(20)37-6;1-7-9-10-11-13-21-24(40-27(34)17(3)8-2)19(5)39-29(36)23(18(4)38-28(21)35)31-26(33)20-14-12-15-22(30-16-32)25(20)37-6/h11,13-14,16-19,21,24-25H,7-10,12,15H2,1-6H3,(H,30,32)(H,31,34);12,14-19,21,23-24H,7-11,13H2,1-6H3,(H,30,32)(H,31,33)/t18-,19+,21-,24+,25+;17?,18-,19+,21-,23+,24+/m11/s1. The molecule has 2 aromatic carbocycles. The number of rotatable bonds is 26. The van der Waals surface area contributed by atoms with Crippen molar-refractivity contribution in [1.82, 2.24) is 10.6 Å². The molecular weight excluding hydrogens is 1040 g/mol. The summed E-state index contributed by atoms with van der Waals surface area (Å²) in [6.07, 6.45) is 3.26. The van der Waals surface area contributed by atoms with Crippen molar-refractivity contribution in [2.75, 3.05) is 24.9 Å². The van der Waals surface area contributed by atoms with Gasteiger partial charge in [0.2, 0.25) is 12.8 Å². The number of anilines is 2. The number of unbranched alkanes of at least 4 members (excludes halogenated alkanes) is 6. The fourth-order valence-electron chi connectivity index (χ4n) is 9.10. The Bertz CT molecular complexity index is 2410. The Kier molecular flexibility index (Phi) is 28.5. The predicted molar refractivity (Wildman–Crippen MR) is 293 cm³/mol. The number of benzene rings is 2. The summed E-state index contributed by atoms with van der Waals surface area (Å²) in [7, 11) is 2.67. The highest BCUT2D eigenvalue weighted by Gasteiger charge is 2.46. The van der Waals surface area contributed by atoms with Crippen LogP contribution in [-0.4, -0.2) is 123 Å². The van der Waals surface area contributed by atoms with Crippen LogP contribution in [0.3, 0.4) is 0 Å². The first-order chi connectivity index (χ1) is 38.1. The first kappa shape index (κ1) is 67.0. The Morgan fingerprint density at radius 3 is 1.32 bits per heavy atom. The van der Waals surface area contributed by atoms with E-state index in [0.29, 0.717) is 44.9 Å². The zero-order chi connectivity index (χ0) is 59.6. The van der Waals surface area contributed by atoms with Gasteiger partial charge in [0.1, 0.15) is 24.4 Å². The molecule has 4 amide bonds. The van der Waals surface area contributed by atoms with Crippen LogP contribution in [0.15, 0.2) is 36.4 Å². The molecule has 80 heavy (non-hydrogen) atoms. The Hall–Kier alpha value is -7.26. The van der Waals surface area contributed by atoms with Crippen molar-refractivity contribution >= 4 is 71.8 Å². The number of ether oxygens (including phenoxy) is 8. The van der Waals surface area contributed by atoms with Crippen molar-refractivity contribution in [3.05, 3.63) is 47.5 Å². The zero-order valence-electron chi connectivity index (χ0n) is 48.4. The maximum atomic E-state index is 13.4. The molecule has 0 spiro atoms. The van der Waals surface area contributed by atoms with Gasteiger partial charge in [-0.15, -0.1) is 0 Å². The van der Waals surface area contributed by atoms with E-state index >= 15 is 0 Å². The van der Waals surface area contributed by atoms with E-state index in [4.69, 9.17) is 37.9 Å². The van der Waals surface area contributed by atoms with Gasteiger partial charge >= 0.3 is 35.8 Å². The van der Waals surface area contributed by atoms with E-state index < -0.39 is 114 Å². The van der Waals surface area contributed by atoms with Crippen LogP contribution in [0, 0.1) is 23.7 Å². The summed E-state index contributed by atoms with van der Waals surface area (Å²) in [6, 6.07) is 6.36. The van der Waals surface area contributed by atoms with Gasteiger partial charge in [0.25, 0.3) is 11.8 Å². The molecule has 2 aliphatic heterocycles. The predicted octanol–water partition coefficient (Wildman–Crippen LogP) is 7.57. The molecule has 0 aliphatic carbocycles. The van der Waals surface area contributed by atoms with Crippen molar-refractivity contribution in [2.45, 2.75) is 195 Å². The largest absolute Gasteiger partial charge is 0.494 e. The zero-order valence-corrected chi connectivity index (χ0v) is 48.4. The summed E-state index contributed by atoms with van der Waals surface area (Å²) in [4.78, 5) is 127. The molecular formula is C58H84N4O18. The minimum atomic E-state index is -1.36. The Morgan fingerprint density at radius 2 is 0.963 bits per heavy atom. The molecule has 0 saturated carbocycles. The SMILES string of the molecule is CCCCCC[C@H]1C(=O)O[C@H](C)[C@H](NC(=O)c2cccc(NC=O)c2OC)C(=O)O[C@@H](C)[C@@H]1OC(=O)C(C)CC.CCCCCC[C@H]1C(=O)O[C@H](C)[C@H](NC(=O)c2cccc(NC=O)c2OC)C(=O)O[C@@H](C)[C@@H]1OC(=O)CC(C)C. The van der Waals surface area contributed by atoms with Crippen LogP contribution < -0.4 is 30.7 Å². The van der Waals surface area contributed by atoms with Gasteiger partial charge in [0.15, 0.2) is 35.8 Å². The summed E-state index contributed by atoms with van der Waals surface area (Å²) in [5.74, 6) is -7.26. The van der Waals surface area contributed by atoms with Gasteiger partial charge in [-0.05, 0) is 77.1 Å². The summed E-state index contributed by atoms with van der Waals surface area (Å²) in [6.45, 7) is 17.6. The lowest BCUT2D eigenvalue weighted by molar-refractivity contribution is -0.177. The molecule has 11 atom stereocenters. The van der Waals surface area contributed by atoms with Crippen LogP contribution >= 0.6 is 0 Å². The monoisotopic (exact) mass is 1120 g/mol. The van der Waals surface area contributed by atoms with E-state index in [9.17, 15) is 47.9 Å². The number of carbonyl (C=O) groups is 10. The van der Waals surface area contributed by atoms with Gasteiger partial charge in [0.05, 0.1) is 54.5 Å². The number of nitrogens with one attached hydrogen (secondary N) is 4. The lowest BCUT2D eigenvalue weighted by Crippen LogP contribution is -2.50. The van der Waals surface area contributed by atoms with Gasteiger partial charge in [-0.25, -0.2) is 9.59 Å². The van der Waals surface area contributed by atoms with E-state index in [1.54, 1.807) is 32.9 Å². The third-order valence-corrected chi connectivity index (χ3v) is 13.8. The Morgan fingerprint density at radius 1 is 0.562 bits per heavy atom. The number of esters is 6. The summed E-state index contributed by atoms with van der Waals surface area (Å²) < 4.78 is 44.9. The molecule has 1 unspecified atom stereocenters. The second-order valence-corrected chi connectivity index (χ2v) is 20.4. The van der Waals surface area contributed by atoms with Gasteiger partial charge in [-0.1, -0.05) is 105 Å². The molecule has 0 radical (unpaired) electrons. The minimum absolute atomic E-state index is 0.0356. The average Bonchev–Trinajstić information content (AvgIpc) is 3.54. The van der Waals surface area contributed by atoms with E-state index in [0.717, 1.165) is 38.5 Å². The minimum Gasteiger partial charge on any atom is -0.494 e.